The van der Waals surface area contributed by atoms with Crippen LogP contribution in [0.2, 0.25) is 0 Å². The maximum absolute atomic E-state index is 13.5. The van der Waals surface area contributed by atoms with Crippen LogP contribution < -0.4 is 5.32 Å². The number of benzene rings is 2. The third-order valence-corrected chi connectivity index (χ3v) is 3.35. The van der Waals surface area contributed by atoms with Gasteiger partial charge in [-0.2, -0.15) is 0 Å². The Kier molecular flexibility index (Phi) is 4.18. The van der Waals surface area contributed by atoms with Crippen molar-refractivity contribution in [1.82, 2.24) is 0 Å². The molecule has 8 heteroatoms. The van der Waals surface area contributed by atoms with Crippen molar-refractivity contribution in [3.05, 3.63) is 62.4 Å². The van der Waals surface area contributed by atoms with Crippen molar-refractivity contribution in [1.29, 1.82) is 0 Å². The summed E-state index contributed by atoms with van der Waals surface area (Å²) in [6.45, 7) is 0. The zero-order valence-electron chi connectivity index (χ0n) is 10.3. The Morgan fingerprint density at radius 1 is 1.29 bits per heavy atom. The molecule has 21 heavy (non-hydrogen) atoms. The molecule has 0 aliphatic carbocycles. The fourth-order valence-corrected chi connectivity index (χ4v) is 2.07. The van der Waals surface area contributed by atoms with Crippen LogP contribution in [0.5, 0.6) is 0 Å². The van der Waals surface area contributed by atoms with E-state index in [4.69, 9.17) is 5.11 Å². The number of hydrogen-bond acceptors (Lipinski definition) is 4. The summed E-state index contributed by atoms with van der Waals surface area (Å²) in [5.41, 5.74) is -0.808. The SMILES string of the molecule is O=C(O)c1cc(Nc2ccccc2Br)c([N+](=O)[O-])cc1F. The van der Waals surface area contributed by atoms with Crippen LogP contribution in [0.25, 0.3) is 0 Å². The number of carbonyl (C=O) groups is 1. The van der Waals surface area contributed by atoms with Crippen molar-refractivity contribution in [3.63, 3.8) is 0 Å². The van der Waals surface area contributed by atoms with Gasteiger partial charge >= 0.3 is 5.97 Å². The lowest BCUT2D eigenvalue weighted by Gasteiger charge is -2.10. The van der Waals surface area contributed by atoms with E-state index in [1.165, 1.54) is 0 Å². The van der Waals surface area contributed by atoms with Crippen molar-refractivity contribution in [2.45, 2.75) is 0 Å². The highest BCUT2D eigenvalue weighted by atomic mass is 79.9. The molecule has 2 aromatic rings. The predicted octanol–water partition coefficient (Wildman–Crippen LogP) is 3.94. The zero-order valence-corrected chi connectivity index (χ0v) is 11.9. The van der Waals surface area contributed by atoms with Gasteiger partial charge in [-0.05, 0) is 34.1 Å². The summed E-state index contributed by atoms with van der Waals surface area (Å²) in [5, 5.41) is 22.6. The normalized spacial score (nSPS) is 10.2. The van der Waals surface area contributed by atoms with Crippen LogP contribution in [-0.2, 0) is 0 Å². The topological polar surface area (TPSA) is 92.5 Å². The van der Waals surface area contributed by atoms with E-state index in [1.54, 1.807) is 24.3 Å². The second-order valence-electron chi connectivity index (χ2n) is 4.02. The van der Waals surface area contributed by atoms with Gasteiger partial charge in [-0.25, -0.2) is 9.18 Å². The standard InChI is InChI=1S/C13H8BrFN2O4/c14-8-3-1-2-4-10(8)16-11-5-7(13(18)19)9(15)6-12(11)17(20)21/h1-6,16H,(H,18,19). The molecular weight excluding hydrogens is 347 g/mol. The number of aromatic carboxylic acids is 1. The molecule has 0 atom stereocenters. The fraction of sp³-hybridized carbons (Fsp3) is 0. The van der Waals surface area contributed by atoms with E-state index < -0.39 is 28.0 Å². The Morgan fingerprint density at radius 3 is 2.52 bits per heavy atom. The molecule has 0 spiro atoms. The van der Waals surface area contributed by atoms with Gasteiger partial charge in [0.15, 0.2) is 0 Å². The summed E-state index contributed by atoms with van der Waals surface area (Å²) < 4.78 is 14.2. The molecule has 0 saturated heterocycles. The quantitative estimate of drug-likeness (QED) is 0.640. The third kappa shape index (κ3) is 3.16. The number of carboxylic acid groups (broad SMARTS) is 1. The van der Waals surface area contributed by atoms with E-state index in [2.05, 4.69) is 21.2 Å². The van der Waals surface area contributed by atoms with Gasteiger partial charge in [-0.3, -0.25) is 10.1 Å². The van der Waals surface area contributed by atoms with Gasteiger partial charge in [0.2, 0.25) is 0 Å². The molecule has 2 aromatic carbocycles. The molecule has 2 rings (SSSR count). The zero-order chi connectivity index (χ0) is 15.6. The second-order valence-corrected chi connectivity index (χ2v) is 4.87. The number of nitrogens with one attached hydrogen (secondary N) is 1. The van der Waals surface area contributed by atoms with Crippen LogP contribution in [0.4, 0.5) is 21.5 Å². The molecule has 0 amide bonds. The lowest BCUT2D eigenvalue weighted by Crippen LogP contribution is -2.05. The molecule has 0 aromatic heterocycles. The van der Waals surface area contributed by atoms with E-state index in [0.717, 1.165) is 6.07 Å². The molecule has 2 N–H and O–H groups in total. The Hall–Kier alpha value is -2.48. The van der Waals surface area contributed by atoms with Gasteiger partial charge in [0.1, 0.15) is 11.5 Å². The van der Waals surface area contributed by atoms with E-state index in [-0.39, 0.29) is 5.69 Å². The Bertz CT molecular complexity index is 736. The van der Waals surface area contributed by atoms with Crippen molar-refractivity contribution in [3.8, 4) is 0 Å². The van der Waals surface area contributed by atoms with Gasteiger partial charge in [0.25, 0.3) is 5.69 Å². The first-order valence-corrected chi connectivity index (χ1v) is 6.42. The number of para-hydroxylation sites is 1. The molecular formula is C13H8BrFN2O4. The monoisotopic (exact) mass is 354 g/mol. The third-order valence-electron chi connectivity index (χ3n) is 2.66. The minimum atomic E-state index is -1.50. The molecule has 6 nitrogen and oxygen atoms in total. The Morgan fingerprint density at radius 2 is 1.95 bits per heavy atom. The number of nitro groups is 1. The summed E-state index contributed by atoms with van der Waals surface area (Å²) >= 11 is 3.25. The molecule has 0 radical (unpaired) electrons. The first-order valence-electron chi connectivity index (χ1n) is 5.63. The minimum absolute atomic E-state index is 0.106. The second kappa shape index (κ2) is 5.88. The van der Waals surface area contributed by atoms with Gasteiger partial charge in [-0.15, -0.1) is 0 Å². The fourth-order valence-electron chi connectivity index (χ4n) is 1.69. The van der Waals surface area contributed by atoms with Crippen molar-refractivity contribution in [2.24, 2.45) is 0 Å². The number of halogens is 2. The first-order chi connectivity index (χ1) is 9.90. The van der Waals surface area contributed by atoms with Crippen molar-refractivity contribution >= 4 is 39.0 Å². The maximum atomic E-state index is 13.5. The number of nitrogens with zero attached hydrogens (tertiary/aromatic N) is 1. The molecule has 108 valence electrons. The Balaban J connectivity index is 2.55. The smallest absolute Gasteiger partial charge is 0.338 e. The summed E-state index contributed by atoms with van der Waals surface area (Å²) in [6, 6.07) is 8.27. The highest BCUT2D eigenvalue weighted by Gasteiger charge is 2.22. The van der Waals surface area contributed by atoms with Crippen LogP contribution >= 0.6 is 15.9 Å². The van der Waals surface area contributed by atoms with E-state index in [0.29, 0.717) is 16.2 Å². The summed E-state index contributed by atoms with van der Waals surface area (Å²) in [7, 11) is 0. The van der Waals surface area contributed by atoms with Crippen molar-refractivity contribution < 1.29 is 19.2 Å². The summed E-state index contributed by atoms with van der Waals surface area (Å²) in [5.74, 6) is -2.66. The Labute approximate surface area is 126 Å². The lowest BCUT2D eigenvalue weighted by atomic mass is 10.1. The van der Waals surface area contributed by atoms with E-state index in [1.807, 2.05) is 0 Å². The molecule has 0 heterocycles. The van der Waals surface area contributed by atoms with Crippen LogP contribution in [0.1, 0.15) is 10.4 Å². The average Bonchev–Trinajstić information content (AvgIpc) is 2.42. The van der Waals surface area contributed by atoms with Crippen LogP contribution in [0, 0.1) is 15.9 Å². The molecule has 0 fully saturated rings. The van der Waals surface area contributed by atoms with Crippen molar-refractivity contribution in [2.75, 3.05) is 5.32 Å². The number of anilines is 2. The lowest BCUT2D eigenvalue weighted by molar-refractivity contribution is -0.384. The predicted molar refractivity (Wildman–Crippen MR) is 77.4 cm³/mol. The molecule has 0 saturated carbocycles. The molecule has 0 aliphatic rings. The maximum Gasteiger partial charge on any atom is 0.338 e. The number of hydrogen-bond donors (Lipinski definition) is 2. The van der Waals surface area contributed by atoms with Gasteiger partial charge in [0, 0.05) is 4.47 Å². The molecule has 0 bridgehead atoms. The average molecular weight is 355 g/mol. The van der Waals surface area contributed by atoms with Gasteiger partial charge < -0.3 is 10.4 Å². The van der Waals surface area contributed by atoms with Gasteiger partial charge in [0.05, 0.1) is 22.2 Å². The van der Waals surface area contributed by atoms with Crippen LogP contribution in [0.3, 0.4) is 0 Å². The van der Waals surface area contributed by atoms with Crippen LogP contribution in [0.15, 0.2) is 40.9 Å². The van der Waals surface area contributed by atoms with E-state index >= 15 is 0 Å². The van der Waals surface area contributed by atoms with E-state index in [9.17, 15) is 19.3 Å². The highest BCUT2D eigenvalue weighted by molar-refractivity contribution is 9.10. The summed E-state index contributed by atoms with van der Waals surface area (Å²) in [6.07, 6.45) is 0. The molecule has 0 unspecified atom stereocenters. The number of carboxylic acids is 1. The number of rotatable bonds is 4. The molecule has 0 aliphatic heterocycles. The number of nitro benzene ring substituents is 1. The summed E-state index contributed by atoms with van der Waals surface area (Å²) in [4.78, 5) is 21.1. The minimum Gasteiger partial charge on any atom is -0.478 e. The highest BCUT2D eigenvalue weighted by Crippen LogP contribution is 2.33. The van der Waals surface area contributed by atoms with Crippen LogP contribution in [-0.4, -0.2) is 16.0 Å². The first kappa shape index (κ1) is 14.9. The largest absolute Gasteiger partial charge is 0.478 e. The van der Waals surface area contributed by atoms with Gasteiger partial charge in [-0.1, -0.05) is 12.1 Å².